The summed E-state index contributed by atoms with van der Waals surface area (Å²) in [6, 6.07) is 5.35. The van der Waals surface area contributed by atoms with Crippen LogP contribution in [0.15, 0.2) is 58.9 Å². The minimum Gasteiger partial charge on any atom is -0.352 e. The Bertz CT molecular complexity index is 1120. The van der Waals surface area contributed by atoms with E-state index in [1.807, 2.05) is 6.07 Å². The van der Waals surface area contributed by atoms with Gasteiger partial charge in [0.1, 0.15) is 0 Å². The second-order valence-electron chi connectivity index (χ2n) is 8.44. The van der Waals surface area contributed by atoms with E-state index in [2.05, 4.69) is 45.7 Å². The van der Waals surface area contributed by atoms with Crippen molar-refractivity contribution in [2.24, 2.45) is 0 Å². The molecule has 180 valence electrons. The third kappa shape index (κ3) is 8.30. The largest absolute Gasteiger partial charge is 0.352 e. The minimum absolute atomic E-state index is 0.195. The molecule has 7 heteroatoms. The van der Waals surface area contributed by atoms with Crippen LogP contribution in [0.5, 0.6) is 0 Å². The Hall–Kier alpha value is -2.63. The molecule has 1 aliphatic rings. The number of hydrogen-bond acceptors (Lipinski definition) is 4. The molecule has 0 spiro atoms. The molecular weight excluding hydrogens is 467 g/mol. The quantitative estimate of drug-likeness (QED) is 0.223. The van der Waals surface area contributed by atoms with Gasteiger partial charge >= 0.3 is 0 Å². The first-order chi connectivity index (χ1) is 16.6. The zero-order valence-electron chi connectivity index (χ0n) is 19.4. The first-order valence-corrected chi connectivity index (χ1v) is 12.7. The summed E-state index contributed by atoms with van der Waals surface area (Å²) in [5, 5.41) is 11.8. The number of nitrogens with zero attached hydrogens (tertiary/aromatic N) is 1. The van der Waals surface area contributed by atoms with E-state index < -0.39 is 0 Å². The van der Waals surface area contributed by atoms with Gasteiger partial charge in [0.15, 0.2) is 0 Å². The number of hydrogen-bond donors (Lipinski definition) is 3. The van der Waals surface area contributed by atoms with Gasteiger partial charge in [-0.05, 0) is 62.6 Å². The van der Waals surface area contributed by atoms with Gasteiger partial charge < -0.3 is 10.7 Å². The SMILES string of the molecule is N=Cc1nc(NCc2ccc(Cl)c(Cl)c2)[nH]c(=O)c1CCCCCCC1=CCCC/C=C/C=C1. The molecule has 0 atom stereocenters. The van der Waals surface area contributed by atoms with E-state index in [1.165, 1.54) is 12.0 Å². The Kier molecular flexibility index (Phi) is 10.6. The summed E-state index contributed by atoms with van der Waals surface area (Å²) < 4.78 is 0. The molecule has 5 nitrogen and oxygen atoms in total. The number of nitrogens with one attached hydrogen (secondary N) is 3. The number of benzene rings is 1. The molecule has 0 saturated carbocycles. The molecule has 1 aliphatic carbocycles. The molecule has 0 fully saturated rings. The van der Waals surface area contributed by atoms with Crippen molar-refractivity contribution in [2.45, 2.75) is 64.3 Å². The number of unbranched alkanes of at least 4 members (excludes halogenated alkanes) is 3. The molecule has 0 saturated heterocycles. The van der Waals surface area contributed by atoms with Gasteiger partial charge in [-0.2, -0.15) is 0 Å². The van der Waals surface area contributed by atoms with Crippen molar-refractivity contribution in [3.63, 3.8) is 0 Å². The molecule has 3 rings (SSSR count). The first-order valence-electron chi connectivity index (χ1n) is 11.9. The fourth-order valence-electron chi connectivity index (χ4n) is 3.91. The van der Waals surface area contributed by atoms with E-state index in [9.17, 15) is 4.79 Å². The van der Waals surface area contributed by atoms with Crippen molar-refractivity contribution in [2.75, 3.05) is 5.32 Å². The highest BCUT2D eigenvalue weighted by Gasteiger charge is 2.10. The van der Waals surface area contributed by atoms with Crippen LogP contribution in [0.2, 0.25) is 10.0 Å². The molecule has 0 bridgehead atoms. The molecule has 0 radical (unpaired) electrons. The second kappa shape index (κ2) is 13.9. The summed E-state index contributed by atoms with van der Waals surface area (Å²) in [5.74, 6) is 0.337. The highest BCUT2D eigenvalue weighted by Crippen LogP contribution is 2.23. The topological polar surface area (TPSA) is 81.6 Å². The van der Waals surface area contributed by atoms with Gasteiger partial charge in [0, 0.05) is 18.3 Å². The van der Waals surface area contributed by atoms with Crippen LogP contribution >= 0.6 is 23.2 Å². The van der Waals surface area contributed by atoms with Crippen molar-refractivity contribution < 1.29 is 0 Å². The smallest absolute Gasteiger partial charge is 0.256 e. The summed E-state index contributed by atoms with van der Waals surface area (Å²) in [6.07, 6.45) is 21.7. The summed E-state index contributed by atoms with van der Waals surface area (Å²) in [6.45, 7) is 0.429. The molecular formula is C27H32Cl2N4O. The van der Waals surface area contributed by atoms with E-state index in [1.54, 1.807) is 12.1 Å². The fourth-order valence-corrected chi connectivity index (χ4v) is 4.23. The summed E-state index contributed by atoms with van der Waals surface area (Å²) in [7, 11) is 0. The number of halogens is 2. The third-order valence-electron chi connectivity index (χ3n) is 5.81. The van der Waals surface area contributed by atoms with Crippen LogP contribution in [0.3, 0.4) is 0 Å². The van der Waals surface area contributed by atoms with Gasteiger partial charge in [-0.1, -0.05) is 78.1 Å². The van der Waals surface area contributed by atoms with Crippen LogP contribution in [0.1, 0.15) is 68.2 Å². The van der Waals surface area contributed by atoms with Crippen LogP contribution in [-0.2, 0) is 13.0 Å². The summed E-state index contributed by atoms with van der Waals surface area (Å²) >= 11 is 12.0. The summed E-state index contributed by atoms with van der Waals surface area (Å²) in [4.78, 5) is 19.9. The van der Waals surface area contributed by atoms with Gasteiger partial charge in [0.25, 0.3) is 5.56 Å². The maximum absolute atomic E-state index is 12.6. The lowest BCUT2D eigenvalue weighted by Crippen LogP contribution is -2.20. The molecule has 0 amide bonds. The van der Waals surface area contributed by atoms with E-state index in [0.29, 0.717) is 40.2 Å². The lowest BCUT2D eigenvalue weighted by atomic mass is 10.0. The normalized spacial score (nSPS) is 14.6. The number of aromatic amines is 1. The maximum atomic E-state index is 12.6. The van der Waals surface area contributed by atoms with Gasteiger partial charge in [-0.25, -0.2) is 4.98 Å². The van der Waals surface area contributed by atoms with Crippen LogP contribution in [0, 0.1) is 5.41 Å². The highest BCUT2D eigenvalue weighted by atomic mass is 35.5. The molecule has 0 unspecified atom stereocenters. The number of rotatable bonds is 11. The van der Waals surface area contributed by atoms with E-state index >= 15 is 0 Å². The van der Waals surface area contributed by atoms with Crippen LogP contribution in [0.25, 0.3) is 0 Å². The Morgan fingerprint density at radius 1 is 1.06 bits per heavy atom. The average molecular weight is 499 g/mol. The van der Waals surface area contributed by atoms with Crippen LogP contribution < -0.4 is 10.9 Å². The van der Waals surface area contributed by atoms with Gasteiger partial charge in [0.05, 0.1) is 15.7 Å². The number of anilines is 1. The highest BCUT2D eigenvalue weighted by molar-refractivity contribution is 6.42. The molecule has 2 aromatic rings. The molecule has 34 heavy (non-hydrogen) atoms. The predicted molar refractivity (Wildman–Crippen MR) is 144 cm³/mol. The monoisotopic (exact) mass is 498 g/mol. The van der Waals surface area contributed by atoms with Gasteiger partial charge in [-0.15, -0.1) is 0 Å². The van der Waals surface area contributed by atoms with Crippen molar-refractivity contribution >= 4 is 35.4 Å². The van der Waals surface area contributed by atoms with E-state index in [0.717, 1.165) is 56.7 Å². The molecule has 0 aliphatic heterocycles. The van der Waals surface area contributed by atoms with Gasteiger partial charge in [0.2, 0.25) is 5.95 Å². The van der Waals surface area contributed by atoms with Crippen molar-refractivity contribution in [3.05, 3.63) is 91.4 Å². The molecule has 1 aromatic heterocycles. The van der Waals surface area contributed by atoms with Gasteiger partial charge in [-0.3, -0.25) is 9.78 Å². The van der Waals surface area contributed by atoms with Crippen LogP contribution in [0.4, 0.5) is 5.95 Å². The van der Waals surface area contributed by atoms with Crippen molar-refractivity contribution in [3.8, 4) is 0 Å². The Labute approximate surface area is 211 Å². The Morgan fingerprint density at radius 3 is 2.68 bits per heavy atom. The Morgan fingerprint density at radius 2 is 1.88 bits per heavy atom. The minimum atomic E-state index is -0.195. The zero-order chi connectivity index (χ0) is 24.2. The number of H-pyrrole nitrogens is 1. The number of aromatic nitrogens is 2. The van der Waals surface area contributed by atoms with E-state index in [4.69, 9.17) is 28.6 Å². The van der Waals surface area contributed by atoms with Crippen molar-refractivity contribution in [1.29, 1.82) is 5.41 Å². The first kappa shape index (κ1) is 26.0. The average Bonchev–Trinajstić information content (AvgIpc) is 2.96. The standard InChI is InChI=1S/C27H32Cl2N4O/c28-23-16-15-21(17-24(23)29)19-31-27-32-25(18-30)22(26(34)33-27)14-10-6-5-9-13-20-11-7-3-1-2-4-8-12-20/h1,3,7,11-12,15-18,30H,2,4-6,8-10,13-14,19H2,(H2,31,32,33,34)/b3-1+,11-7?,20-12?,30-18?. The molecule has 1 aromatic carbocycles. The lowest BCUT2D eigenvalue weighted by molar-refractivity contribution is 0.637. The molecule has 3 N–H and O–H groups in total. The number of allylic oxidation sites excluding steroid dienone is 6. The summed E-state index contributed by atoms with van der Waals surface area (Å²) in [5.41, 5.74) is 3.12. The Balaban J connectivity index is 1.47. The maximum Gasteiger partial charge on any atom is 0.256 e. The van der Waals surface area contributed by atoms with Crippen LogP contribution in [-0.4, -0.2) is 16.2 Å². The van der Waals surface area contributed by atoms with E-state index in [-0.39, 0.29) is 5.56 Å². The molecule has 1 heterocycles. The second-order valence-corrected chi connectivity index (χ2v) is 9.25. The third-order valence-corrected chi connectivity index (χ3v) is 6.55. The lowest BCUT2D eigenvalue weighted by Gasteiger charge is -2.10. The fraction of sp³-hybridized carbons (Fsp3) is 0.370. The zero-order valence-corrected chi connectivity index (χ0v) is 20.9. The van der Waals surface area contributed by atoms with Crippen molar-refractivity contribution in [1.82, 2.24) is 9.97 Å². The predicted octanol–water partition coefficient (Wildman–Crippen LogP) is 7.40.